The van der Waals surface area contributed by atoms with E-state index in [0.717, 1.165) is 10.3 Å². The van der Waals surface area contributed by atoms with E-state index < -0.39 is 17.7 Å². The molecule has 2 aromatic carbocycles. The second-order valence-corrected chi connectivity index (χ2v) is 8.36. The zero-order valence-electron chi connectivity index (χ0n) is 17.2. The lowest BCUT2D eigenvalue weighted by Gasteiger charge is -2.20. The van der Waals surface area contributed by atoms with Gasteiger partial charge in [0.1, 0.15) is 23.3 Å². The molecule has 0 spiro atoms. The number of aliphatic hydroxyl groups excluding tert-OH is 1. The van der Waals surface area contributed by atoms with Crippen molar-refractivity contribution in [2.24, 2.45) is 0 Å². The minimum atomic E-state index is -0.962. The molecule has 1 amide bonds. The third kappa shape index (κ3) is 3.07. The van der Waals surface area contributed by atoms with Crippen molar-refractivity contribution in [2.75, 3.05) is 12.0 Å². The van der Waals surface area contributed by atoms with Crippen molar-refractivity contribution in [3.8, 4) is 5.75 Å². The molecule has 1 aliphatic heterocycles. The number of benzene rings is 2. The average Bonchev–Trinajstić information content (AvgIpc) is 3.52. The topological polar surface area (TPSA) is 92.9 Å². The molecule has 0 bridgehead atoms. The predicted octanol–water partition coefficient (Wildman–Crippen LogP) is 4.83. The Morgan fingerprint density at radius 3 is 2.69 bits per heavy atom. The van der Waals surface area contributed by atoms with Crippen LogP contribution in [0, 0.1) is 6.92 Å². The van der Waals surface area contributed by atoms with Crippen LogP contribution >= 0.6 is 11.3 Å². The molecule has 1 aliphatic rings. The summed E-state index contributed by atoms with van der Waals surface area (Å²) >= 11 is 1.29. The van der Waals surface area contributed by atoms with Crippen molar-refractivity contribution in [1.82, 2.24) is 4.98 Å². The number of Topliss-reactive ketones (excluding diaryl/α,β-unsaturated/α-hetero) is 1. The van der Waals surface area contributed by atoms with E-state index in [2.05, 4.69) is 4.98 Å². The summed E-state index contributed by atoms with van der Waals surface area (Å²) in [5.41, 5.74) is 1.83. The van der Waals surface area contributed by atoms with Crippen LogP contribution in [0.5, 0.6) is 5.75 Å². The van der Waals surface area contributed by atoms with Crippen molar-refractivity contribution >= 4 is 44.1 Å². The van der Waals surface area contributed by atoms with Gasteiger partial charge < -0.3 is 14.3 Å². The summed E-state index contributed by atoms with van der Waals surface area (Å²) in [6.45, 7) is 1.86. The Balaban J connectivity index is 1.74. The van der Waals surface area contributed by atoms with E-state index in [0.29, 0.717) is 27.7 Å². The van der Waals surface area contributed by atoms with Gasteiger partial charge in [0, 0.05) is 0 Å². The number of para-hydroxylation sites is 1. The highest BCUT2D eigenvalue weighted by Gasteiger charge is 2.49. The Hall–Kier alpha value is -3.91. The first-order valence-corrected chi connectivity index (χ1v) is 10.7. The maximum Gasteiger partial charge on any atom is 0.302 e. The molecule has 4 aromatic rings. The number of aliphatic hydroxyl groups is 1. The van der Waals surface area contributed by atoms with E-state index in [4.69, 9.17) is 9.15 Å². The van der Waals surface area contributed by atoms with Crippen LogP contribution in [0.3, 0.4) is 0 Å². The van der Waals surface area contributed by atoms with Gasteiger partial charge in [-0.1, -0.05) is 35.1 Å². The summed E-state index contributed by atoms with van der Waals surface area (Å²) < 4.78 is 11.9. The summed E-state index contributed by atoms with van der Waals surface area (Å²) in [6, 6.07) is 15.1. The fourth-order valence-corrected chi connectivity index (χ4v) is 4.85. The van der Waals surface area contributed by atoms with Gasteiger partial charge in [-0.05, 0) is 43.3 Å². The highest BCUT2D eigenvalue weighted by Crippen LogP contribution is 2.45. The molecule has 7 nitrogen and oxygen atoms in total. The third-order valence-corrected chi connectivity index (χ3v) is 6.39. The number of hydrogen-bond donors (Lipinski definition) is 1. The molecular formula is C24H18N2O5S. The Labute approximate surface area is 187 Å². The van der Waals surface area contributed by atoms with Crippen LogP contribution < -0.4 is 9.64 Å². The van der Waals surface area contributed by atoms with Gasteiger partial charge in [0.2, 0.25) is 0 Å². The van der Waals surface area contributed by atoms with Gasteiger partial charge in [-0.3, -0.25) is 14.5 Å². The quantitative estimate of drug-likeness (QED) is 0.274. The van der Waals surface area contributed by atoms with Crippen molar-refractivity contribution in [3.63, 3.8) is 0 Å². The van der Waals surface area contributed by atoms with Gasteiger partial charge >= 0.3 is 5.91 Å². The number of fused-ring (bicyclic) bond motifs is 1. The number of furan rings is 1. The van der Waals surface area contributed by atoms with Gasteiger partial charge in [-0.25, -0.2) is 4.98 Å². The number of thiazole rings is 1. The maximum atomic E-state index is 13.2. The molecule has 1 fully saturated rings. The molecule has 2 aromatic heterocycles. The normalized spacial score (nSPS) is 17.9. The zero-order valence-corrected chi connectivity index (χ0v) is 18.1. The van der Waals surface area contributed by atoms with E-state index in [9.17, 15) is 14.7 Å². The Bertz CT molecular complexity index is 1350. The number of carbonyl (C=O) groups is 2. The predicted molar refractivity (Wildman–Crippen MR) is 121 cm³/mol. The molecule has 32 heavy (non-hydrogen) atoms. The average molecular weight is 446 g/mol. The van der Waals surface area contributed by atoms with Crippen LogP contribution in [-0.2, 0) is 9.59 Å². The third-order valence-electron chi connectivity index (χ3n) is 5.36. The lowest BCUT2D eigenvalue weighted by molar-refractivity contribution is -0.132. The van der Waals surface area contributed by atoms with Crippen LogP contribution in [-0.4, -0.2) is 28.9 Å². The smallest absolute Gasteiger partial charge is 0.302 e. The van der Waals surface area contributed by atoms with E-state index >= 15 is 0 Å². The monoisotopic (exact) mass is 446 g/mol. The molecule has 0 radical (unpaired) electrons. The molecule has 8 heteroatoms. The molecule has 3 heterocycles. The number of ketones is 1. The van der Waals surface area contributed by atoms with Crippen molar-refractivity contribution in [1.29, 1.82) is 0 Å². The fourth-order valence-electron chi connectivity index (χ4n) is 3.86. The Morgan fingerprint density at radius 1 is 1.16 bits per heavy atom. The number of nitrogens with zero attached hydrogens (tertiary/aromatic N) is 2. The fraction of sp³-hybridized carbons (Fsp3) is 0.125. The second kappa shape index (κ2) is 7.65. The van der Waals surface area contributed by atoms with Crippen molar-refractivity contribution < 1.29 is 23.8 Å². The van der Waals surface area contributed by atoms with Gasteiger partial charge in [0.15, 0.2) is 5.13 Å². The molecule has 0 aliphatic carbocycles. The maximum absolute atomic E-state index is 13.2. The van der Waals surface area contributed by atoms with Crippen LogP contribution in [0.4, 0.5) is 5.13 Å². The Morgan fingerprint density at radius 2 is 1.97 bits per heavy atom. The minimum absolute atomic E-state index is 0.0758. The van der Waals surface area contributed by atoms with Gasteiger partial charge in [-0.15, -0.1) is 0 Å². The molecular weight excluding hydrogens is 428 g/mol. The first kappa shape index (κ1) is 20.0. The lowest BCUT2D eigenvalue weighted by Crippen LogP contribution is -2.29. The highest BCUT2D eigenvalue weighted by atomic mass is 32.1. The highest BCUT2D eigenvalue weighted by molar-refractivity contribution is 7.22. The van der Waals surface area contributed by atoms with E-state index in [1.807, 2.05) is 37.3 Å². The summed E-state index contributed by atoms with van der Waals surface area (Å²) in [4.78, 5) is 32.2. The van der Waals surface area contributed by atoms with Gasteiger partial charge in [0.25, 0.3) is 5.78 Å². The van der Waals surface area contributed by atoms with Crippen LogP contribution in [0.1, 0.15) is 22.9 Å². The number of aryl methyl sites for hydroxylation is 1. The summed E-state index contributed by atoms with van der Waals surface area (Å²) in [5, 5.41) is 11.6. The van der Waals surface area contributed by atoms with Gasteiger partial charge in [-0.2, -0.15) is 0 Å². The van der Waals surface area contributed by atoms with E-state index in [-0.39, 0.29) is 11.3 Å². The van der Waals surface area contributed by atoms with Crippen LogP contribution in [0.15, 0.2) is 70.9 Å². The molecule has 160 valence electrons. The largest absolute Gasteiger partial charge is 0.507 e. The number of aromatic nitrogens is 1. The van der Waals surface area contributed by atoms with Gasteiger partial charge in [0.05, 0.1) is 34.7 Å². The minimum Gasteiger partial charge on any atom is -0.507 e. The summed E-state index contributed by atoms with van der Waals surface area (Å²) in [7, 11) is 1.48. The van der Waals surface area contributed by atoms with Crippen LogP contribution in [0.25, 0.3) is 16.0 Å². The molecule has 0 saturated carbocycles. The number of anilines is 1. The molecule has 1 atom stereocenters. The SMILES string of the molecule is COc1ccc(C)cc1/C(O)=C1\C(=O)C(=O)N(c2nc3ccccc3s2)C1c1ccco1. The standard InChI is InChI=1S/C24H18N2O5S/c1-13-9-10-16(30-2)14(12-13)21(27)19-20(17-7-5-11-31-17)26(23(29)22(19)28)24-25-15-6-3-4-8-18(15)32-24/h3-12,20,27H,1-2H3/b21-19+. The number of ether oxygens (including phenoxy) is 1. The molecule has 5 rings (SSSR count). The lowest BCUT2D eigenvalue weighted by atomic mass is 9.98. The first-order valence-electron chi connectivity index (χ1n) is 9.84. The number of amides is 1. The number of methoxy groups -OCH3 is 1. The number of rotatable bonds is 4. The second-order valence-electron chi connectivity index (χ2n) is 7.35. The summed E-state index contributed by atoms with van der Waals surface area (Å²) in [5.74, 6) is -1.19. The van der Waals surface area contributed by atoms with Crippen LogP contribution in [0.2, 0.25) is 0 Å². The molecule has 1 saturated heterocycles. The van der Waals surface area contributed by atoms with E-state index in [1.54, 1.807) is 24.3 Å². The summed E-state index contributed by atoms with van der Waals surface area (Å²) in [6.07, 6.45) is 1.46. The molecule has 1 N–H and O–H groups in total. The van der Waals surface area contributed by atoms with Crippen molar-refractivity contribution in [3.05, 3.63) is 83.3 Å². The van der Waals surface area contributed by atoms with Crippen molar-refractivity contribution in [2.45, 2.75) is 13.0 Å². The zero-order chi connectivity index (χ0) is 22.4. The Kier molecular flexibility index (Phi) is 4.79. The number of hydrogen-bond acceptors (Lipinski definition) is 7. The number of carbonyl (C=O) groups excluding carboxylic acids is 2. The first-order chi connectivity index (χ1) is 15.5. The molecule has 1 unspecified atom stereocenters. The van der Waals surface area contributed by atoms with E-state index in [1.165, 1.54) is 29.6 Å².